The number of likely N-dealkylation sites (N-methyl/N-ethyl adjacent to an activating group) is 2. The van der Waals surface area contributed by atoms with Crippen molar-refractivity contribution in [3.05, 3.63) is 0 Å². The Morgan fingerprint density at radius 3 is 2.94 bits per heavy atom. The first kappa shape index (κ1) is 14.4. The number of carbonyl (C=O) groups is 1. The molecular weight excluding hydrogens is 220 g/mol. The van der Waals surface area contributed by atoms with E-state index in [9.17, 15) is 4.79 Å². The van der Waals surface area contributed by atoms with Gasteiger partial charge in [-0.3, -0.25) is 9.69 Å². The third kappa shape index (κ3) is 5.45. The van der Waals surface area contributed by atoms with Crippen LogP contribution < -0.4 is 11.1 Å². The largest absolute Gasteiger partial charge is 0.370 e. The van der Waals surface area contributed by atoms with Crippen molar-refractivity contribution in [3.8, 4) is 0 Å². The number of ether oxygens (including phenoxy) is 1. The van der Waals surface area contributed by atoms with Crippen molar-refractivity contribution in [1.82, 2.24) is 15.1 Å². The Kier molecular flexibility index (Phi) is 6.43. The van der Waals surface area contributed by atoms with Gasteiger partial charge in [0, 0.05) is 38.8 Å². The molecule has 0 radical (unpaired) electrons. The predicted molar refractivity (Wildman–Crippen MR) is 66.8 cm³/mol. The SMILES string of the molecule is CN1CCN(C)C(CNC(=O)COCCN)C1. The molecule has 0 aromatic carbocycles. The third-order valence-corrected chi connectivity index (χ3v) is 3.01. The van der Waals surface area contributed by atoms with E-state index in [0.29, 0.717) is 25.7 Å². The number of hydrogen-bond acceptors (Lipinski definition) is 5. The van der Waals surface area contributed by atoms with Crippen molar-refractivity contribution < 1.29 is 9.53 Å². The van der Waals surface area contributed by atoms with Crippen LogP contribution in [0.5, 0.6) is 0 Å². The lowest BCUT2D eigenvalue weighted by atomic mass is 10.2. The molecule has 17 heavy (non-hydrogen) atoms. The monoisotopic (exact) mass is 244 g/mol. The van der Waals surface area contributed by atoms with Gasteiger partial charge in [-0.15, -0.1) is 0 Å². The van der Waals surface area contributed by atoms with Gasteiger partial charge in [-0.1, -0.05) is 0 Å². The maximum atomic E-state index is 11.4. The third-order valence-electron chi connectivity index (χ3n) is 3.01. The fourth-order valence-corrected chi connectivity index (χ4v) is 1.85. The van der Waals surface area contributed by atoms with E-state index < -0.39 is 0 Å². The Morgan fingerprint density at radius 1 is 1.47 bits per heavy atom. The average Bonchev–Trinajstić information content (AvgIpc) is 2.31. The van der Waals surface area contributed by atoms with Crippen LogP contribution in [-0.4, -0.2) is 81.8 Å². The minimum absolute atomic E-state index is 0.0694. The van der Waals surface area contributed by atoms with Crippen molar-refractivity contribution in [1.29, 1.82) is 0 Å². The standard InChI is InChI=1S/C11H24N4O2/c1-14-4-5-15(2)10(8-14)7-13-11(16)9-17-6-3-12/h10H,3-9,12H2,1-2H3,(H,13,16). The minimum Gasteiger partial charge on any atom is -0.370 e. The normalized spacial score (nSPS) is 22.6. The number of piperazine rings is 1. The molecule has 1 aliphatic rings. The second-order valence-corrected chi connectivity index (χ2v) is 4.54. The number of rotatable bonds is 6. The predicted octanol–water partition coefficient (Wildman–Crippen LogP) is -1.68. The van der Waals surface area contributed by atoms with E-state index in [4.69, 9.17) is 10.5 Å². The van der Waals surface area contributed by atoms with Gasteiger partial charge in [-0.25, -0.2) is 0 Å². The molecule has 1 atom stereocenters. The summed E-state index contributed by atoms with van der Waals surface area (Å²) in [6.45, 7) is 4.76. The lowest BCUT2D eigenvalue weighted by Gasteiger charge is -2.37. The molecule has 1 saturated heterocycles. The van der Waals surface area contributed by atoms with Gasteiger partial charge in [0.15, 0.2) is 0 Å². The molecule has 100 valence electrons. The van der Waals surface area contributed by atoms with E-state index in [0.717, 1.165) is 19.6 Å². The van der Waals surface area contributed by atoms with Crippen molar-refractivity contribution in [2.24, 2.45) is 5.73 Å². The second kappa shape index (κ2) is 7.60. The lowest BCUT2D eigenvalue weighted by molar-refractivity contribution is -0.125. The summed E-state index contributed by atoms with van der Waals surface area (Å²) >= 11 is 0. The molecule has 3 N–H and O–H groups in total. The summed E-state index contributed by atoms with van der Waals surface area (Å²) in [5, 5.41) is 2.89. The Hall–Kier alpha value is -0.690. The molecule has 0 spiro atoms. The summed E-state index contributed by atoms with van der Waals surface area (Å²) in [7, 11) is 4.20. The maximum absolute atomic E-state index is 11.4. The van der Waals surface area contributed by atoms with Crippen molar-refractivity contribution in [3.63, 3.8) is 0 Å². The number of nitrogens with one attached hydrogen (secondary N) is 1. The molecule has 1 unspecified atom stereocenters. The minimum atomic E-state index is -0.0694. The molecule has 6 heteroatoms. The highest BCUT2D eigenvalue weighted by atomic mass is 16.5. The van der Waals surface area contributed by atoms with Crippen LogP contribution in [0.15, 0.2) is 0 Å². The van der Waals surface area contributed by atoms with Crippen LogP contribution in [-0.2, 0) is 9.53 Å². The van der Waals surface area contributed by atoms with Gasteiger partial charge in [0.05, 0.1) is 6.61 Å². The van der Waals surface area contributed by atoms with Gasteiger partial charge >= 0.3 is 0 Å². The van der Waals surface area contributed by atoms with Crippen LogP contribution in [0, 0.1) is 0 Å². The fraction of sp³-hybridized carbons (Fsp3) is 0.909. The molecule has 6 nitrogen and oxygen atoms in total. The highest BCUT2D eigenvalue weighted by molar-refractivity contribution is 5.77. The quantitative estimate of drug-likeness (QED) is 0.546. The van der Waals surface area contributed by atoms with Gasteiger partial charge < -0.3 is 20.7 Å². The van der Waals surface area contributed by atoms with Gasteiger partial charge in [0.2, 0.25) is 5.91 Å². The zero-order valence-electron chi connectivity index (χ0n) is 10.8. The summed E-state index contributed by atoms with van der Waals surface area (Å²) in [5.41, 5.74) is 5.27. The molecule has 0 bridgehead atoms. The molecule has 0 aromatic rings. The van der Waals surface area contributed by atoms with Gasteiger partial charge in [-0.05, 0) is 14.1 Å². The summed E-state index contributed by atoms with van der Waals surface area (Å²) < 4.78 is 5.07. The van der Waals surface area contributed by atoms with Crippen LogP contribution in [0.2, 0.25) is 0 Å². The van der Waals surface area contributed by atoms with Crippen molar-refractivity contribution in [2.75, 3.05) is 60.0 Å². The molecule has 0 saturated carbocycles. The first-order valence-corrected chi connectivity index (χ1v) is 6.06. The topological polar surface area (TPSA) is 70.8 Å². The molecule has 1 heterocycles. The van der Waals surface area contributed by atoms with Crippen LogP contribution in [0.4, 0.5) is 0 Å². The van der Waals surface area contributed by atoms with Crippen molar-refractivity contribution in [2.45, 2.75) is 6.04 Å². The van der Waals surface area contributed by atoms with Crippen LogP contribution in [0.3, 0.4) is 0 Å². The molecule has 1 fully saturated rings. The lowest BCUT2D eigenvalue weighted by Crippen LogP contribution is -2.54. The van der Waals surface area contributed by atoms with E-state index >= 15 is 0 Å². The highest BCUT2D eigenvalue weighted by Gasteiger charge is 2.22. The van der Waals surface area contributed by atoms with Crippen LogP contribution in [0.25, 0.3) is 0 Å². The molecule has 1 rings (SSSR count). The van der Waals surface area contributed by atoms with E-state index in [2.05, 4.69) is 29.2 Å². The Bertz CT molecular complexity index is 238. The maximum Gasteiger partial charge on any atom is 0.246 e. The summed E-state index contributed by atoms with van der Waals surface area (Å²) in [4.78, 5) is 16.0. The Balaban J connectivity index is 2.17. The summed E-state index contributed by atoms with van der Waals surface area (Å²) in [6.07, 6.45) is 0. The number of nitrogens with two attached hydrogens (primary N) is 1. The van der Waals surface area contributed by atoms with Gasteiger partial charge in [0.25, 0.3) is 0 Å². The smallest absolute Gasteiger partial charge is 0.246 e. The first-order valence-electron chi connectivity index (χ1n) is 6.06. The zero-order valence-corrected chi connectivity index (χ0v) is 10.8. The molecule has 0 aromatic heterocycles. The zero-order chi connectivity index (χ0) is 12.7. The summed E-state index contributed by atoms with van der Waals surface area (Å²) in [6, 6.07) is 0.382. The highest BCUT2D eigenvalue weighted by Crippen LogP contribution is 2.04. The van der Waals surface area contributed by atoms with Crippen LogP contribution in [0.1, 0.15) is 0 Å². The van der Waals surface area contributed by atoms with Crippen LogP contribution >= 0.6 is 0 Å². The molecule has 1 amide bonds. The van der Waals surface area contributed by atoms with Gasteiger partial charge in [0.1, 0.15) is 6.61 Å². The molecule has 1 aliphatic heterocycles. The van der Waals surface area contributed by atoms with Gasteiger partial charge in [-0.2, -0.15) is 0 Å². The Labute approximate surface area is 103 Å². The van der Waals surface area contributed by atoms with E-state index in [1.165, 1.54) is 0 Å². The van der Waals surface area contributed by atoms with E-state index in [1.54, 1.807) is 0 Å². The molecule has 0 aliphatic carbocycles. The second-order valence-electron chi connectivity index (χ2n) is 4.54. The Morgan fingerprint density at radius 2 is 2.24 bits per heavy atom. The van der Waals surface area contributed by atoms with E-state index in [1.807, 2.05) is 0 Å². The number of carbonyl (C=O) groups excluding carboxylic acids is 1. The number of amides is 1. The molecular formula is C11H24N4O2. The summed E-state index contributed by atoms with van der Waals surface area (Å²) in [5.74, 6) is -0.0694. The fourth-order valence-electron chi connectivity index (χ4n) is 1.85. The van der Waals surface area contributed by atoms with E-state index in [-0.39, 0.29) is 12.5 Å². The van der Waals surface area contributed by atoms with Crippen molar-refractivity contribution >= 4 is 5.91 Å². The first-order chi connectivity index (χ1) is 8.13. The number of nitrogens with zero attached hydrogens (tertiary/aromatic N) is 2. The average molecular weight is 244 g/mol. The number of hydrogen-bond donors (Lipinski definition) is 2.